The van der Waals surface area contributed by atoms with Crippen LogP contribution in [0.15, 0.2) is 3.79 Å². The van der Waals surface area contributed by atoms with Gasteiger partial charge in [0.05, 0.1) is 9.48 Å². The second-order valence-electron chi connectivity index (χ2n) is 2.40. The maximum absolute atomic E-state index is 5.71. The van der Waals surface area contributed by atoms with Crippen molar-refractivity contribution in [1.29, 1.82) is 0 Å². The monoisotopic (exact) mass is 237 g/mol. The highest BCUT2D eigenvalue weighted by Crippen LogP contribution is 2.45. The first kappa shape index (κ1) is 7.07. The van der Waals surface area contributed by atoms with Gasteiger partial charge >= 0.3 is 0 Å². The number of hydrogen-bond acceptors (Lipinski definition) is 2. The molecule has 1 aromatic heterocycles. The number of nitrogens with zero attached hydrogens (tertiary/aromatic N) is 1. The highest BCUT2D eigenvalue weighted by Gasteiger charge is 2.28. The smallest absolute Gasteiger partial charge is 0.184 e. The number of rotatable bonds is 1. The van der Waals surface area contributed by atoms with Crippen LogP contribution in [0, 0.1) is 0 Å². The van der Waals surface area contributed by atoms with Gasteiger partial charge in [-0.1, -0.05) is 22.9 Å². The molecule has 0 saturated heterocycles. The van der Waals surface area contributed by atoms with E-state index in [9.17, 15) is 0 Å². The Labute approximate surface area is 76.6 Å². The Kier molecular flexibility index (Phi) is 1.74. The predicted octanol–water partition coefficient (Wildman–Crippen LogP) is 3.44. The lowest BCUT2D eigenvalue weighted by molar-refractivity contribution is 1.04. The first-order valence-electron chi connectivity index (χ1n) is 3.09. The fourth-order valence-electron chi connectivity index (χ4n) is 0.896. The van der Waals surface area contributed by atoms with Crippen LogP contribution in [0.4, 0.5) is 0 Å². The van der Waals surface area contributed by atoms with Gasteiger partial charge in [-0.3, -0.25) is 0 Å². The summed E-state index contributed by atoms with van der Waals surface area (Å²) in [5.74, 6) is 0.693. The van der Waals surface area contributed by atoms with Crippen molar-refractivity contribution in [3.05, 3.63) is 13.9 Å². The third kappa shape index (κ3) is 1.22. The van der Waals surface area contributed by atoms with E-state index in [1.165, 1.54) is 24.2 Å². The molecule has 4 heteroatoms. The van der Waals surface area contributed by atoms with E-state index in [2.05, 4.69) is 20.9 Å². The van der Waals surface area contributed by atoms with Crippen LogP contribution in [0.3, 0.4) is 0 Å². The van der Waals surface area contributed by atoms with E-state index in [1.54, 1.807) is 0 Å². The minimum Gasteiger partial charge on any atom is -0.229 e. The minimum atomic E-state index is 0.647. The summed E-state index contributed by atoms with van der Waals surface area (Å²) in [5.41, 5.74) is 1.16. The second kappa shape index (κ2) is 2.47. The van der Waals surface area contributed by atoms with Gasteiger partial charge in [0.2, 0.25) is 0 Å². The molecule has 1 aromatic rings. The molecule has 1 heterocycles. The van der Waals surface area contributed by atoms with Crippen LogP contribution in [0.1, 0.15) is 24.5 Å². The molecular formula is C6H5BrClNS. The molecule has 0 bridgehead atoms. The maximum atomic E-state index is 5.71. The molecule has 0 spiro atoms. The summed E-state index contributed by atoms with van der Waals surface area (Å²) >= 11 is 10.7. The summed E-state index contributed by atoms with van der Waals surface area (Å²) in [7, 11) is 0. The average molecular weight is 239 g/mol. The average Bonchev–Trinajstić information content (AvgIpc) is 2.61. The standard InChI is InChI=1S/C6H5BrClNS/c7-5-4(3-1-2-3)9-6(8)10-5/h3H,1-2H2. The van der Waals surface area contributed by atoms with Crippen molar-refractivity contribution in [2.24, 2.45) is 0 Å². The van der Waals surface area contributed by atoms with E-state index < -0.39 is 0 Å². The fraction of sp³-hybridized carbons (Fsp3) is 0.500. The number of thiazole rings is 1. The topological polar surface area (TPSA) is 12.9 Å². The molecule has 0 amide bonds. The molecule has 0 radical (unpaired) electrons. The highest BCUT2D eigenvalue weighted by atomic mass is 79.9. The molecule has 1 aliphatic rings. The Morgan fingerprint density at radius 2 is 2.30 bits per heavy atom. The summed E-state index contributed by atoms with van der Waals surface area (Å²) in [4.78, 5) is 4.21. The molecule has 1 nitrogen and oxygen atoms in total. The van der Waals surface area contributed by atoms with Crippen molar-refractivity contribution in [3.63, 3.8) is 0 Å². The van der Waals surface area contributed by atoms with E-state index in [0.717, 1.165) is 9.48 Å². The Balaban J connectivity index is 2.38. The lowest BCUT2D eigenvalue weighted by Gasteiger charge is -1.86. The Hall–Kier alpha value is 0.400. The highest BCUT2D eigenvalue weighted by molar-refractivity contribution is 9.11. The first-order chi connectivity index (χ1) is 4.77. The molecule has 1 aliphatic carbocycles. The van der Waals surface area contributed by atoms with Gasteiger partial charge in [0, 0.05) is 5.92 Å². The molecule has 0 atom stereocenters. The first-order valence-corrected chi connectivity index (χ1v) is 5.08. The van der Waals surface area contributed by atoms with Gasteiger partial charge in [-0.2, -0.15) is 0 Å². The Morgan fingerprint density at radius 1 is 1.60 bits per heavy atom. The molecule has 2 rings (SSSR count). The lowest BCUT2D eigenvalue weighted by atomic mass is 10.3. The van der Waals surface area contributed by atoms with E-state index in [4.69, 9.17) is 11.6 Å². The summed E-state index contributed by atoms with van der Waals surface area (Å²) in [5, 5.41) is 0. The van der Waals surface area contributed by atoms with Crippen LogP contribution in [0.25, 0.3) is 0 Å². The minimum absolute atomic E-state index is 0.647. The van der Waals surface area contributed by atoms with Crippen molar-refractivity contribution in [2.75, 3.05) is 0 Å². The van der Waals surface area contributed by atoms with Crippen LogP contribution in [-0.2, 0) is 0 Å². The van der Waals surface area contributed by atoms with E-state index in [1.807, 2.05) is 0 Å². The molecular weight excluding hydrogens is 233 g/mol. The molecule has 0 N–H and O–H groups in total. The lowest BCUT2D eigenvalue weighted by Crippen LogP contribution is -1.77. The molecule has 0 unspecified atom stereocenters. The van der Waals surface area contributed by atoms with Crippen molar-refractivity contribution in [1.82, 2.24) is 4.98 Å². The van der Waals surface area contributed by atoms with Crippen LogP contribution in [0.5, 0.6) is 0 Å². The Bertz CT molecular complexity index is 256. The molecule has 1 saturated carbocycles. The van der Waals surface area contributed by atoms with Crippen molar-refractivity contribution < 1.29 is 0 Å². The molecule has 10 heavy (non-hydrogen) atoms. The zero-order valence-corrected chi connectivity index (χ0v) is 8.26. The molecule has 0 aliphatic heterocycles. The number of hydrogen-bond donors (Lipinski definition) is 0. The van der Waals surface area contributed by atoms with Crippen LogP contribution in [-0.4, -0.2) is 4.98 Å². The van der Waals surface area contributed by atoms with Crippen molar-refractivity contribution >= 4 is 38.9 Å². The summed E-state index contributed by atoms with van der Waals surface area (Å²) in [6, 6.07) is 0. The van der Waals surface area contributed by atoms with Gasteiger partial charge < -0.3 is 0 Å². The normalized spacial score (nSPS) is 17.8. The summed E-state index contributed by atoms with van der Waals surface area (Å²) in [6.07, 6.45) is 2.55. The van der Waals surface area contributed by atoms with Crippen LogP contribution < -0.4 is 0 Å². The van der Waals surface area contributed by atoms with Gasteiger partial charge in [-0.25, -0.2) is 4.98 Å². The van der Waals surface area contributed by atoms with E-state index in [-0.39, 0.29) is 0 Å². The second-order valence-corrected chi connectivity index (χ2v) is 5.30. The van der Waals surface area contributed by atoms with Crippen LogP contribution >= 0.6 is 38.9 Å². The molecule has 54 valence electrons. The van der Waals surface area contributed by atoms with Crippen LogP contribution in [0.2, 0.25) is 4.47 Å². The van der Waals surface area contributed by atoms with Gasteiger partial charge in [0.25, 0.3) is 0 Å². The molecule has 0 aromatic carbocycles. The molecule has 1 fully saturated rings. The quantitative estimate of drug-likeness (QED) is 0.730. The zero-order valence-electron chi connectivity index (χ0n) is 5.10. The Morgan fingerprint density at radius 3 is 2.70 bits per heavy atom. The predicted molar refractivity (Wildman–Crippen MR) is 46.8 cm³/mol. The largest absolute Gasteiger partial charge is 0.229 e. The SMILES string of the molecule is Clc1nc(C2CC2)c(Br)s1. The van der Waals surface area contributed by atoms with E-state index in [0.29, 0.717) is 10.4 Å². The maximum Gasteiger partial charge on any atom is 0.184 e. The van der Waals surface area contributed by atoms with Gasteiger partial charge in [0.15, 0.2) is 4.47 Å². The third-order valence-electron chi connectivity index (χ3n) is 1.55. The van der Waals surface area contributed by atoms with Crippen molar-refractivity contribution in [3.8, 4) is 0 Å². The summed E-state index contributed by atoms with van der Waals surface area (Å²) < 4.78 is 1.76. The number of aromatic nitrogens is 1. The summed E-state index contributed by atoms with van der Waals surface area (Å²) in [6.45, 7) is 0. The van der Waals surface area contributed by atoms with Gasteiger partial charge in [-0.05, 0) is 28.8 Å². The fourth-order valence-corrected chi connectivity index (χ4v) is 2.98. The number of halogens is 2. The zero-order chi connectivity index (χ0) is 7.14. The van der Waals surface area contributed by atoms with Gasteiger partial charge in [-0.15, -0.1) is 0 Å². The van der Waals surface area contributed by atoms with E-state index >= 15 is 0 Å². The van der Waals surface area contributed by atoms with Gasteiger partial charge in [0.1, 0.15) is 0 Å². The third-order valence-corrected chi connectivity index (χ3v) is 3.40. The van der Waals surface area contributed by atoms with Crippen molar-refractivity contribution in [2.45, 2.75) is 18.8 Å².